The van der Waals surface area contributed by atoms with Crippen LogP contribution in [0.2, 0.25) is 5.02 Å². The number of amides is 1. The van der Waals surface area contributed by atoms with Gasteiger partial charge in [-0.15, -0.1) is 0 Å². The quantitative estimate of drug-likeness (QED) is 0.752. The number of benzene rings is 2. The topological polar surface area (TPSA) is 47.6 Å². The summed E-state index contributed by atoms with van der Waals surface area (Å²) in [6, 6.07) is 12.2. The summed E-state index contributed by atoms with van der Waals surface area (Å²) in [7, 11) is 1.59. The molecule has 0 aromatic heterocycles. The first kappa shape index (κ1) is 16.8. The van der Waals surface area contributed by atoms with Crippen molar-refractivity contribution in [3.05, 3.63) is 57.5 Å². The van der Waals surface area contributed by atoms with Crippen molar-refractivity contribution in [1.29, 1.82) is 0 Å². The fourth-order valence-electron chi connectivity index (χ4n) is 1.81. The molecule has 22 heavy (non-hydrogen) atoms. The Balaban J connectivity index is 2.18. The van der Waals surface area contributed by atoms with Crippen molar-refractivity contribution in [2.24, 2.45) is 0 Å². The van der Waals surface area contributed by atoms with E-state index in [1.807, 2.05) is 6.07 Å². The van der Waals surface area contributed by atoms with Gasteiger partial charge in [0.15, 0.2) is 0 Å². The van der Waals surface area contributed by atoms with E-state index in [9.17, 15) is 4.79 Å². The molecule has 0 aliphatic carbocycles. The van der Waals surface area contributed by atoms with Crippen molar-refractivity contribution in [1.82, 2.24) is 0 Å². The Bertz CT molecular complexity index is 664. The number of nitrogens with one attached hydrogen (secondary N) is 1. The molecule has 0 aliphatic rings. The summed E-state index contributed by atoms with van der Waals surface area (Å²) in [6.07, 6.45) is 0. The van der Waals surface area contributed by atoms with Crippen LogP contribution in [0.3, 0.4) is 0 Å². The zero-order valence-corrected chi connectivity index (χ0v) is 14.3. The fraction of sp³-hybridized carbons (Fsp3) is 0.188. The summed E-state index contributed by atoms with van der Waals surface area (Å²) >= 11 is 9.28. The molecule has 1 amide bonds. The molecular weight excluding hydrogens is 370 g/mol. The Morgan fingerprint density at radius 3 is 2.77 bits per heavy atom. The molecule has 0 bridgehead atoms. The summed E-state index contributed by atoms with van der Waals surface area (Å²) in [5.41, 5.74) is 1.06. The van der Waals surface area contributed by atoms with Crippen molar-refractivity contribution >= 4 is 39.1 Å². The van der Waals surface area contributed by atoms with Crippen molar-refractivity contribution in [3.8, 4) is 5.75 Å². The normalized spacial score (nSPS) is 10.3. The van der Waals surface area contributed by atoms with Gasteiger partial charge >= 0.3 is 0 Å². The fourth-order valence-corrected chi connectivity index (χ4v) is 2.36. The molecule has 0 saturated carbocycles. The summed E-state index contributed by atoms with van der Waals surface area (Å²) in [6.45, 7) is 0.820. The van der Waals surface area contributed by atoms with Crippen molar-refractivity contribution in [3.63, 3.8) is 0 Å². The van der Waals surface area contributed by atoms with Crippen LogP contribution in [-0.4, -0.2) is 26.2 Å². The highest BCUT2D eigenvalue weighted by atomic mass is 79.9. The first-order valence-electron chi connectivity index (χ1n) is 6.58. The van der Waals surface area contributed by atoms with Gasteiger partial charge in [-0.25, -0.2) is 0 Å². The summed E-state index contributed by atoms with van der Waals surface area (Å²) in [5, 5.41) is 3.36. The summed E-state index contributed by atoms with van der Waals surface area (Å²) < 4.78 is 11.3. The molecule has 0 atom stereocenters. The average molecular weight is 385 g/mol. The lowest BCUT2D eigenvalue weighted by molar-refractivity contribution is 0.101. The third-order valence-electron chi connectivity index (χ3n) is 2.81. The highest BCUT2D eigenvalue weighted by Crippen LogP contribution is 2.25. The lowest BCUT2D eigenvalue weighted by Gasteiger charge is -2.12. The molecule has 2 rings (SSSR count). The van der Waals surface area contributed by atoms with E-state index in [-0.39, 0.29) is 5.91 Å². The summed E-state index contributed by atoms with van der Waals surface area (Å²) in [5.74, 6) is 0.232. The van der Waals surface area contributed by atoms with Gasteiger partial charge in [0.1, 0.15) is 12.4 Å². The van der Waals surface area contributed by atoms with Crippen molar-refractivity contribution < 1.29 is 14.3 Å². The van der Waals surface area contributed by atoms with Crippen LogP contribution in [-0.2, 0) is 4.74 Å². The van der Waals surface area contributed by atoms with Crippen LogP contribution in [0.4, 0.5) is 5.69 Å². The number of carbonyl (C=O) groups excluding carboxylic acids is 1. The standard InChI is InChI=1S/C16H15BrClNO3/c1-21-7-8-22-15-6-5-11(17)9-14(15)16(20)19-13-4-2-3-12(18)10-13/h2-6,9-10H,7-8H2,1H3,(H,19,20). The summed E-state index contributed by atoms with van der Waals surface area (Å²) in [4.78, 5) is 12.4. The lowest BCUT2D eigenvalue weighted by atomic mass is 10.2. The Kier molecular flexibility index (Phi) is 6.24. The molecule has 0 fully saturated rings. The number of ether oxygens (including phenoxy) is 2. The SMILES string of the molecule is COCCOc1ccc(Br)cc1C(=O)Nc1cccc(Cl)c1. The van der Waals surface area contributed by atoms with Gasteiger partial charge in [-0.3, -0.25) is 4.79 Å². The van der Waals surface area contributed by atoms with Crippen LogP contribution >= 0.6 is 27.5 Å². The van der Waals surface area contributed by atoms with E-state index in [1.165, 1.54) is 0 Å². The zero-order chi connectivity index (χ0) is 15.9. The molecule has 0 heterocycles. The van der Waals surface area contributed by atoms with Gasteiger partial charge < -0.3 is 14.8 Å². The van der Waals surface area contributed by atoms with E-state index in [1.54, 1.807) is 43.5 Å². The zero-order valence-electron chi connectivity index (χ0n) is 11.9. The molecule has 4 nitrogen and oxygen atoms in total. The van der Waals surface area contributed by atoms with E-state index in [0.717, 1.165) is 4.47 Å². The number of halogens is 2. The van der Waals surface area contributed by atoms with Crippen molar-refractivity contribution in [2.75, 3.05) is 25.6 Å². The van der Waals surface area contributed by atoms with Crippen LogP contribution in [0.25, 0.3) is 0 Å². The van der Waals surface area contributed by atoms with Gasteiger partial charge in [-0.05, 0) is 36.4 Å². The first-order chi connectivity index (χ1) is 10.6. The Morgan fingerprint density at radius 2 is 2.05 bits per heavy atom. The number of rotatable bonds is 6. The predicted octanol–water partition coefficient (Wildman–Crippen LogP) is 4.38. The van der Waals surface area contributed by atoms with Crippen LogP contribution in [0, 0.1) is 0 Å². The number of anilines is 1. The van der Waals surface area contributed by atoms with Crippen LogP contribution in [0.15, 0.2) is 46.9 Å². The second kappa shape index (κ2) is 8.17. The third-order valence-corrected chi connectivity index (χ3v) is 3.54. The van der Waals surface area contributed by atoms with Crippen LogP contribution in [0.1, 0.15) is 10.4 Å². The molecule has 2 aromatic rings. The largest absolute Gasteiger partial charge is 0.490 e. The van der Waals surface area contributed by atoms with E-state index in [0.29, 0.717) is 35.2 Å². The molecule has 0 aliphatic heterocycles. The minimum Gasteiger partial charge on any atom is -0.490 e. The van der Waals surface area contributed by atoms with Gasteiger partial charge in [0.25, 0.3) is 5.91 Å². The van der Waals surface area contributed by atoms with E-state index >= 15 is 0 Å². The molecule has 0 saturated heterocycles. The van der Waals surface area contributed by atoms with Crippen LogP contribution < -0.4 is 10.1 Å². The number of methoxy groups -OCH3 is 1. The molecule has 1 N–H and O–H groups in total. The minimum atomic E-state index is -0.268. The predicted molar refractivity (Wildman–Crippen MR) is 90.9 cm³/mol. The molecule has 116 valence electrons. The molecule has 2 aromatic carbocycles. The minimum absolute atomic E-state index is 0.268. The molecule has 6 heteroatoms. The van der Waals surface area contributed by atoms with Gasteiger partial charge in [-0.1, -0.05) is 33.6 Å². The molecular formula is C16H15BrClNO3. The van der Waals surface area contributed by atoms with Gasteiger partial charge in [-0.2, -0.15) is 0 Å². The van der Waals surface area contributed by atoms with Gasteiger partial charge in [0.2, 0.25) is 0 Å². The molecule has 0 spiro atoms. The van der Waals surface area contributed by atoms with E-state index in [4.69, 9.17) is 21.1 Å². The third kappa shape index (κ3) is 4.73. The van der Waals surface area contributed by atoms with Crippen molar-refractivity contribution in [2.45, 2.75) is 0 Å². The highest BCUT2D eigenvalue weighted by Gasteiger charge is 2.14. The number of hydrogen-bond donors (Lipinski definition) is 1. The maximum absolute atomic E-state index is 12.4. The second-order valence-corrected chi connectivity index (χ2v) is 5.80. The average Bonchev–Trinajstić information content (AvgIpc) is 2.49. The smallest absolute Gasteiger partial charge is 0.259 e. The molecule has 0 radical (unpaired) electrons. The monoisotopic (exact) mass is 383 g/mol. The Morgan fingerprint density at radius 1 is 1.23 bits per heavy atom. The highest BCUT2D eigenvalue weighted by molar-refractivity contribution is 9.10. The Hall–Kier alpha value is -1.56. The lowest BCUT2D eigenvalue weighted by Crippen LogP contribution is -2.15. The van der Waals surface area contributed by atoms with Gasteiger partial charge in [0, 0.05) is 22.3 Å². The Labute approximate surface area is 142 Å². The second-order valence-electron chi connectivity index (χ2n) is 4.45. The number of hydrogen-bond acceptors (Lipinski definition) is 3. The van der Waals surface area contributed by atoms with Crippen LogP contribution in [0.5, 0.6) is 5.75 Å². The maximum atomic E-state index is 12.4. The molecule has 0 unspecified atom stereocenters. The van der Waals surface area contributed by atoms with E-state index < -0.39 is 0 Å². The van der Waals surface area contributed by atoms with E-state index in [2.05, 4.69) is 21.2 Å². The maximum Gasteiger partial charge on any atom is 0.259 e. The first-order valence-corrected chi connectivity index (χ1v) is 7.75. The number of carbonyl (C=O) groups is 1. The van der Waals surface area contributed by atoms with Gasteiger partial charge in [0.05, 0.1) is 12.2 Å².